The summed E-state index contributed by atoms with van der Waals surface area (Å²) in [5.41, 5.74) is 0. The molecule has 0 radical (unpaired) electrons. The molecule has 100 valence electrons. The average molecular weight is 248 g/mol. The molecule has 17 heavy (non-hydrogen) atoms. The fourth-order valence-electron chi connectivity index (χ4n) is 1.19. The van der Waals surface area contributed by atoms with Crippen molar-refractivity contribution in [1.82, 2.24) is 10.6 Å². The van der Waals surface area contributed by atoms with E-state index in [1.165, 1.54) is 6.92 Å². The number of urea groups is 1. The maximum atomic E-state index is 11.3. The average Bonchev–Trinajstić information content (AvgIpc) is 2.22. The zero-order valence-corrected chi connectivity index (χ0v) is 10.3. The van der Waals surface area contributed by atoms with Crippen LogP contribution in [0.15, 0.2) is 0 Å². The highest BCUT2D eigenvalue weighted by molar-refractivity contribution is 5.82. The lowest BCUT2D eigenvalue weighted by molar-refractivity contribution is -0.141. The Hall–Kier alpha value is -1.34. The molecule has 0 aromatic carbocycles. The van der Waals surface area contributed by atoms with Gasteiger partial charge in [-0.05, 0) is 12.8 Å². The van der Waals surface area contributed by atoms with E-state index in [-0.39, 0.29) is 5.92 Å². The first kappa shape index (κ1) is 15.7. The van der Waals surface area contributed by atoms with Gasteiger partial charge in [-0.1, -0.05) is 6.92 Å². The summed E-state index contributed by atoms with van der Waals surface area (Å²) >= 11 is 0. The lowest BCUT2D eigenvalue weighted by atomic mass is 10.2. The quantitative estimate of drug-likeness (QED) is 0.481. The normalized spacial score (nSPS) is 15.8. The number of amides is 2. The van der Waals surface area contributed by atoms with Crippen LogP contribution < -0.4 is 10.6 Å². The van der Waals surface area contributed by atoms with Crippen molar-refractivity contribution >= 4 is 12.0 Å². The maximum Gasteiger partial charge on any atom is 0.328 e. The van der Waals surface area contributed by atoms with Gasteiger partial charge in [-0.2, -0.15) is 0 Å². The van der Waals surface area contributed by atoms with Crippen LogP contribution in [-0.2, 0) is 9.53 Å². The van der Waals surface area contributed by atoms with Gasteiger partial charge in [0.2, 0.25) is 0 Å². The summed E-state index contributed by atoms with van der Waals surface area (Å²) < 4.78 is 4.89. The monoisotopic (exact) mass is 248 g/mol. The fourth-order valence-corrected chi connectivity index (χ4v) is 1.19. The number of carboxylic acid groups (broad SMARTS) is 1. The summed E-state index contributed by atoms with van der Waals surface area (Å²) in [7, 11) is 1.56. The van der Waals surface area contributed by atoms with Crippen LogP contribution in [0.1, 0.15) is 13.8 Å². The molecule has 0 spiro atoms. The third-order valence-electron chi connectivity index (χ3n) is 2.10. The van der Waals surface area contributed by atoms with Crippen molar-refractivity contribution < 1.29 is 24.5 Å². The van der Waals surface area contributed by atoms with Crippen LogP contribution in [0.25, 0.3) is 0 Å². The molecule has 0 saturated heterocycles. The second kappa shape index (κ2) is 7.86. The molecule has 3 unspecified atom stereocenters. The smallest absolute Gasteiger partial charge is 0.328 e. The molecule has 0 rings (SSSR count). The molecule has 0 saturated carbocycles. The van der Waals surface area contributed by atoms with Crippen molar-refractivity contribution in [3.8, 4) is 0 Å². The summed E-state index contributed by atoms with van der Waals surface area (Å²) in [6, 6.07) is -1.94. The first-order chi connectivity index (χ1) is 7.88. The summed E-state index contributed by atoms with van der Waals surface area (Å²) in [5, 5.41) is 22.6. The van der Waals surface area contributed by atoms with Crippen LogP contribution >= 0.6 is 0 Å². The lowest BCUT2D eigenvalue weighted by Gasteiger charge is -2.18. The Bertz CT molecular complexity index is 257. The number of hydrogen-bond donors (Lipinski definition) is 4. The van der Waals surface area contributed by atoms with Crippen LogP contribution in [0.4, 0.5) is 4.79 Å². The molecule has 0 aliphatic carbocycles. The van der Waals surface area contributed by atoms with Crippen molar-refractivity contribution in [3.05, 3.63) is 0 Å². The second-order valence-electron chi connectivity index (χ2n) is 3.97. The van der Waals surface area contributed by atoms with Gasteiger partial charge in [0.05, 0.1) is 12.7 Å². The van der Waals surface area contributed by atoms with Crippen molar-refractivity contribution in [3.63, 3.8) is 0 Å². The van der Waals surface area contributed by atoms with E-state index in [0.717, 1.165) is 0 Å². The lowest BCUT2D eigenvalue weighted by Crippen LogP contribution is -2.51. The van der Waals surface area contributed by atoms with Crippen LogP contribution in [0.2, 0.25) is 0 Å². The Labute approximate surface area is 100 Å². The van der Waals surface area contributed by atoms with E-state index in [4.69, 9.17) is 14.9 Å². The topological polar surface area (TPSA) is 108 Å². The summed E-state index contributed by atoms with van der Waals surface area (Å²) in [6.07, 6.45) is -1.16. The Kier molecular flexibility index (Phi) is 7.24. The van der Waals surface area contributed by atoms with Gasteiger partial charge in [0.15, 0.2) is 6.04 Å². The van der Waals surface area contributed by atoms with E-state index in [1.54, 1.807) is 7.11 Å². The van der Waals surface area contributed by atoms with E-state index in [0.29, 0.717) is 13.2 Å². The van der Waals surface area contributed by atoms with Gasteiger partial charge in [-0.3, -0.25) is 0 Å². The molecular formula is C10H20N2O5. The number of hydrogen-bond acceptors (Lipinski definition) is 4. The standard InChI is InChI=1S/C10H20N2O5/c1-6(5-17-3)4-11-10(16)12-8(7(2)13)9(14)15/h6-8,13H,4-5H2,1-3H3,(H,14,15)(H2,11,12,16). The number of aliphatic carboxylic acids is 1. The van der Waals surface area contributed by atoms with Gasteiger partial charge >= 0.3 is 12.0 Å². The Morgan fingerprint density at radius 2 is 1.94 bits per heavy atom. The molecule has 7 heteroatoms. The minimum atomic E-state index is -1.31. The number of carbonyl (C=O) groups excluding carboxylic acids is 1. The summed E-state index contributed by atoms with van der Waals surface area (Å²) in [4.78, 5) is 22.0. The predicted octanol–water partition coefficient (Wildman–Crippen LogP) is -0.598. The van der Waals surface area contributed by atoms with E-state index >= 15 is 0 Å². The van der Waals surface area contributed by atoms with Gasteiger partial charge in [0.1, 0.15) is 0 Å². The Morgan fingerprint density at radius 1 is 1.35 bits per heavy atom. The van der Waals surface area contributed by atoms with E-state index < -0.39 is 24.1 Å². The number of nitrogens with one attached hydrogen (secondary N) is 2. The third-order valence-corrected chi connectivity index (χ3v) is 2.10. The van der Waals surface area contributed by atoms with Gasteiger partial charge in [-0.15, -0.1) is 0 Å². The molecule has 4 N–H and O–H groups in total. The number of rotatable bonds is 7. The fraction of sp³-hybridized carbons (Fsp3) is 0.800. The van der Waals surface area contributed by atoms with E-state index in [1.807, 2.05) is 6.92 Å². The van der Waals surface area contributed by atoms with Gasteiger partial charge < -0.3 is 25.6 Å². The van der Waals surface area contributed by atoms with Crippen LogP contribution in [0.5, 0.6) is 0 Å². The highest BCUT2D eigenvalue weighted by Crippen LogP contribution is 1.94. The molecule has 2 amide bonds. The first-order valence-electron chi connectivity index (χ1n) is 5.32. The first-order valence-corrected chi connectivity index (χ1v) is 5.32. The Balaban J connectivity index is 4.03. The molecule has 0 aliphatic heterocycles. The van der Waals surface area contributed by atoms with Crippen molar-refractivity contribution in [2.75, 3.05) is 20.3 Å². The van der Waals surface area contributed by atoms with Crippen LogP contribution in [-0.4, -0.2) is 54.6 Å². The van der Waals surface area contributed by atoms with Crippen molar-refractivity contribution in [2.45, 2.75) is 26.0 Å². The van der Waals surface area contributed by atoms with Crippen LogP contribution in [0.3, 0.4) is 0 Å². The number of carbonyl (C=O) groups is 2. The summed E-state index contributed by atoms with van der Waals surface area (Å²) in [6.45, 7) is 4.05. The number of ether oxygens (including phenoxy) is 1. The number of carboxylic acids is 1. The zero-order chi connectivity index (χ0) is 13.4. The minimum Gasteiger partial charge on any atom is -0.480 e. The number of aliphatic hydroxyl groups excluding tert-OH is 1. The molecule has 3 atom stereocenters. The Morgan fingerprint density at radius 3 is 2.35 bits per heavy atom. The third kappa shape index (κ3) is 6.75. The van der Waals surface area contributed by atoms with Crippen molar-refractivity contribution in [1.29, 1.82) is 0 Å². The van der Waals surface area contributed by atoms with Gasteiger partial charge in [0, 0.05) is 13.7 Å². The molecular weight excluding hydrogens is 228 g/mol. The maximum absolute atomic E-state index is 11.3. The molecule has 0 fully saturated rings. The van der Waals surface area contributed by atoms with Gasteiger partial charge in [0.25, 0.3) is 0 Å². The van der Waals surface area contributed by atoms with E-state index in [9.17, 15) is 9.59 Å². The number of methoxy groups -OCH3 is 1. The largest absolute Gasteiger partial charge is 0.480 e. The second-order valence-corrected chi connectivity index (χ2v) is 3.97. The van der Waals surface area contributed by atoms with E-state index in [2.05, 4.69) is 10.6 Å². The molecule has 0 heterocycles. The molecule has 0 aliphatic rings. The SMILES string of the molecule is COCC(C)CNC(=O)NC(C(=O)O)C(C)O. The predicted molar refractivity (Wildman–Crippen MR) is 60.7 cm³/mol. The van der Waals surface area contributed by atoms with Crippen molar-refractivity contribution in [2.24, 2.45) is 5.92 Å². The highest BCUT2D eigenvalue weighted by Gasteiger charge is 2.24. The molecule has 7 nitrogen and oxygen atoms in total. The zero-order valence-electron chi connectivity index (χ0n) is 10.3. The van der Waals surface area contributed by atoms with Crippen LogP contribution in [0, 0.1) is 5.92 Å². The minimum absolute atomic E-state index is 0.126. The molecule has 0 aromatic rings. The highest BCUT2D eigenvalue weighted by atomic mass is 16.5. The molecule has 0 bridgehead atoms. The molecule has 0 aromatic heterocycles. The van der Waals surface area contributed by atoms with Gasteiger partial charge in [-0.25, -0.2) is 9.59 Å². The number of aliphatic hydroxyl groups is 1. The summed E-state index contributed by atoms with van der Waals surface area (Å²) in [5.74, 6) is -1.15.